The van der Waals surface area contributed by atoms with Crippen LogP contribution in [0.4, 0.5) is 0 Å². The van der Waals surface area contributed by atoms with Gasteiger partial charge in [0.2, 0.25) is 0 Å². The summed E-state index contributed by atoms with van der Waals surface area (Å²) in [7, 11) is 0. The molecule has 0 saturated carbocycles. The van der Waals surface area contributed by atoms with Crippen LogP contribution >= 0.6 is 24.8 Å². The van der Waals surface area contributed by atoms with Gasteiger partial charge in [-0.2, -0.15) is 0 Å². The fourth-order valence-electron chi connectivity index (χ4n) is 6.16. The number of hydrogen-bond acceptors (Lipinski definition) is 0. The predicted octanol–water partition coefficient (Wildman–Crippen LogP) is 5.46. The summed E-state index contributed by atoms with van der Waals surface area (Å²) in [4.78, 5) is 0. The third-order valence-electron chi connectivity index (χ3n) is 7.75. The molecule has 0 amide bonds. The fraction of sp³-hybridized carbons (Fsp3) is 0.0667. The van der Waals surface area contributed by atoms with E-state index >= 15 is 0 Å². The molecule has 0 aromatic heterocycles. The zero-order chi connectivity index (χ0) is 21.6. The standard InChI is InChI=1S/C13H9.2C6H5.C5H5.2ClH.H2Si.Zr/c1-3-7-12-10(5-1)9-11-6-2-4-8-13(11)12;2*1-2-4-6-5-3-1;1-2-4-5-3-1;;;;/h1-5,7-8H,9H2;2*1-5H;1-3H,4H2;2*1H;1H2;. The van der Waals surface area contributed by atoms with Crippen molar-refractivity contribution in [3.05, 3.63) is 136 Å². The van der Waals surface area contributed by atoms with Crippen LogP contribution in [0.2, 0.25) is 0 Å². The van der Waals surface area contributed by atoms with Crippen molar-refractivity contribution in [2.24, 2.45) is 0 Å². The Kier molecular flexibility index (Phi) is 7.09. The molecule has 4 aromatic rings. The summed E-state index contributed by atoms with van der Waals surface area (Å²) in [6.45, 7) is 2.36. The molecule has 0 aliphatic heterocycles. The first-order valence-electron chi connectivity index (χ1n) is 11.4. The van der Waals surface area contributed by atoms with Crippen molar-refractivity contribution in [1.82, 2.24) is 0 Å². The fourth-order valence-corrected chi connectivity index (χ4v) is 27.9. The van der Waals surface area contributed by atoms with Gasteiger partial charge in [-0.05, 0) is 0 Å². The third kappa shape index (κ3) is 3.42. The summed E-state index contributed by atoms with van der Waals surface area (Å²) in [5, 5.41) is 0. The third-order valence-corrected chi connectivity index (χ3v) is 33.9. The van der Waals surface area contributed by atoms with E-state index in [2.05, 4.69) is 128 Å². The van der Waals surface area contributed by atoms with Crippen LogP contribution in [0.5, 0.6) is 0 Å². The number of fused-ring (bicyclic) bond motifs is 3. The molecule has 170 valence electrons. The zero-order valence-corrected chi connectivity index (χ0v) is 24.5. The topological polar surface area (TPSA) is 0 Å². The zero-order valence-electron chi connectivity index (χ0n) is 19.0. The quantitative estimate of drug-likeness (QED) is 0.249. The second kappa shape index (κ2) is 9.59. The van der Waals surface area contributed by atoms with E-state index in [1.807, 2.05) is 0 Å². The van der Waals surface area contributed by atoms with Crippen LogP contribution in [0, 0.1) is 0 Å². The maximum absolute atomic E-state index is 4.15. The normalized spacial score (nSPS) is 13.9. The number of allylic oxidation sites excluding steroid dienone is 4. The maximum atomic E-state index is 2.47. The molecule has 0 bridgehead atoms. The summed E-state index contributed by atoms with van der Waals surface area (Å²) in [5.41, 5.74) is 5.86. The second-order valence-electron chi connectivity index (χ2n) is 9.18. The van der Waals surface area contributed by atoms with E-state index in [0.29, 0.717) is 0 Å². The van der Waals surface area contributed by atoms with Gasteiger partial charge < -0.3 is 0 Å². The molecule has 0 N–H and O–H groups in total. The molecule has 0 unspecified atom stereocenters. The van der Waals surface area contributed by atoms with Gasteiger partial charge in [0.1, 0.15) is 0 Å². The van der Waals surface area contributed by atoms with Gasteiger partial charge in [-0.15, -0.1) is 24.8 Å². The number of rotatable bonds is 4. The first-order valence-corrected chi connectivity index (χ1v) is 22.3. The van der Waals surface area contributed by atoms with Crippen LogP contribution in [0.3, 0.4) is 0 Å². The Morgan fingerprint density at radius 1 is 0.618 bits per heavy atom. The molecule has 2 aliphatic rings. The van der Waals surface area contributed by atoms with Crippen molar-refractivity contribution in [2.75, 3.05) is 0 Å². The van der Waals surface area contributed by atoms with Gasteiger partial charge in [-0.1, -0.05) is 0 Å². The first kappa shape index (κ1) is 25.1. The van der Waals surface area contributed by atoms with E-state index in [0.717, 1.165) is 12.8 Å². The number of hydrogen-bond donors (Lipinski definition) is 0. The number of halogens is 2. The molecule has 0 atom stereocenters. The second-order valence-corrected chi connectivity index (χ2v) is 30.4. The van der Waals surface area contributed by atoms with Gasteiger partial charge in [0.05, 0.1) is 0 Å². The Hall–Kier alpha value is -1.96. The summed E-state index contributed by atoms with van der Waals surface area (Å²) in [6, 6.07) is 39.0. The van der Waals surface area contributed by atoms with Crippen LogP contribution in [-0.2, 0) is 23.8 Å². The molecule has 2 aliphatic carbocycles. The van der Waals surface area contributed by atoms with Crippen molar-refractivity contribution in [1.29, 1.82) is 0 Å². The molecule has 0 heterocycles. The minimum absolute atomic E-state index is 0. The van der Waals surface area contributed by atoms with E-state index in [-0.39, 0.29) is 24.8 Å². The summed E-state index contributed by atoms with van der Waals surface area (Å²) in [5.74, 6) is 0. The van der Waals surface area contributed by atoms with Gasteiger partial charge in [-0.3, -0.25) is 0 Å². The van der Waals surface area contributed by atoms with E-state index in [1.165, 1.54) is 23.2 Å². The Bertz CT molecular complexity index is 1430. The molecular weight excluding hydrogens is 551 g/mol. The van der Waals surface area contributed by atoms with Crippen molar-refractivity contribution in [3.63, 3.8) is 0 Å². The molecule has 6 rings (SSSR count). The van der Waals surface area contributed by atoms with Gasteiger partial charge in [0.15, 0.2) is 0 Å². The molecule has 4 aromatic carbocycles. The summed E-state index contributed by atoms with van der Waals surface area (Å²) < 4.78 is 6.34. The van der Waals surface area contributed by atoms with E-state index in [4.69, 9.17) is 0 Å². The van der Waals surface area contributed by atoms with Gasteiger partial charge in [0, 0.05) is 0 Å². The molecule has 4 heteroatoms. The first-order chi connectivity index (χ1) is 15.7. The molecule has 0 fully saturated rings. The van der Waals surface area contributed by atoms with Crippen molar-refractivity contribution >= 4 is 41.5 Å². The summed E-state index contributed by atoms with van der Waals surface area (Å²) in [6.07, 6.45) is 9.15. The van der Waals surface area contributed by atoms with Crippen LogP contribution in [0.1, 0.15) is 17.5 Å². The Labute approximate surface area is 217 Å². The molecule has 0 radical (unpaired) electrons. The average Bonchev–Trinajstić information content (AvgIpc) is 3.54. The van der Waals surface area contributed by atoms with E-state index in [1.54, 1.807) is 12.1 Å². The number of benzene rings is 4. The Morgan fingerprint density at radius 3 is 1.82 bits per heavy atom. The minimum atomic E-state index is -4.15. The molecular formula is C30H28Cl2SiZr. The average molecular weight is 579 g/mol. The van der Waals surface area contributed by atoms with Gasteiger partial charge in [-0.25, -0.2) is 0 Å². The predicted molar refractivity (Wildman–Crippen MR) is 151 cm³/mol. The van der Waals surface area contributed by atoms with Crippen molar-refractivity contribution < 1.29 is 17.4 Å². The van der Waals surface area contributed by atoms with E-state index < -0.39 is 17.4 Å². The SMILES string of the molecule is Cl.Cl.[SiH2]=[Zr]([C]1=CC=CC1)([c]1ccccc1)([c]1ccccc1)[c]1cccc2c1Cc1ccccc1-2. The van der Waals surface area contributed by atoms with Crippen LogP contribution < -0.4 is 9.81 Å². The summed E-state index contributed by atoms with van der Waals surface area (Å²) >= 11 is -4.15. The molecule has 0 nitrogen and oxygen atoms in total. The van der Waals surface area contributed by atoms with Gasteiger partial charge >= 0.3 is 194 Å². The molecule has 34 heavy (non-hydrogen) atoms. The van der Waals surface area contributed by atoms with E-state index in [9.17, 15) is 0 Å². The van der Waals surface area contributed by atoms with Gasteiger partial charge in [0.25, 0.3) is 0 Å². The van der Waals surface area contributed by atoms with Crippen molar-refractivity contribution in [2.45, 2.75) is 12.8 Å². The van der Waals surface area contributed by atoms with Crippen LogP contribution in [0.15, 0.2) is 125 Å². The Balaban J connectivity index is 0.00000137. The van der Waals surface area contributed by atoms with Crippen LogP contribution in [0.25, 0.3) is 11.1 Å². The monoisotopic (exact) mass is 576 g/mol. The molecule has 0 spiro atoms. The Morgan fingerprint density at radius 2 is 1.21 bits per heavy atom. The van der Waals surface area contributed by atoms with Crippen molar-refractivity contribution in [3.8, 4) is 11.1 Å². The molecule has 0 saturated heterocycles. The van der Waals surface area contributed by atoms with Crippen LogP contribution in [-0.4, -0.2) is 6.88 Å².